The fourth-order valence-corrected chi connectivity index (χ4v) is 3.91. The van der Waals surface area contributed by atoms with Gasteiger partial charge in [0.15, 0.2) is 0 Å². The Morgan fingerprint density at radius 1 is 1.54 bits per heavy atom. The molecule has 0 saturated carbocycles. The Kier molecular flexibility index (Phi) is 7.76. The molecule has 1 aliphatic heterocycles. The smallest absolute Gasteiger partial charge is 0.330 e. The molecular weight excluding hydrogens is 490 g/mol. The van der Waals surface area contributed by atoms with Crippen molar-refractivity contribution in [3.63, 3.8) is 0 Å². The molecule has 0 spiro atoms. The number of rotatable bonds is 8. The summed E-state index contributed by atoms with van der Waals surface area (Å²) >= 11 is 14.9. The van der Waals surface area contributed by atoms with Gasteiger partial charge in [0.1, 0.15) is 5.01 Å². The molecule has 1 saturated heterocycles. The van der Waals surface area contributed by atoms with Crippen molar-refractivity contribution in [3.05, 3.63) is 5.01 Å². The van der Waals surface area contributed by atoms with E-state index in [9.17, 15) is 9.59 Å². The average molecular weight is 507 g/mol. The van der Waals surface area contributed by atoms with Crippen molar-refractivity contribution in [1.29, 1.82) is 0 Å². The zero-order valence-corrected chi connectivity index (χ0v) is 17.4. The minimum Gasteiger partial charge on any atom is -0.439 e. The van der Waals surface area contributed by atoms with Gasteiger partial charge in [0.2, 0.25) is 11.4 Å². The van der Waals surface area contributed by atoms with Crippen molar-refractivity contribution >= 4 is 74.3 Å². The molecule has 2 rings (SSSR count). The molecular formula is C13H17Cl2IN4O3S. The summed E-state index contributed by atoms with van der Waals surface area (Å²) in [6, 6.07) is -0.249. The number of ether oxygens (including phenoxy) is 1. The molecule has 7 nitrogen and oxygen atoms in total. The normalized spacial score (nSPS) is 19.0. The predicted octanol–water partition coefficient (Wildman–Crippen LogP) is 3.23. The van der Waals surface area contributed by atoms with Crippen LogP contribution in [-0.2, 0) is 16.0 Å². The van der Waals surface area contributed by atoms with Gasteiger partial charge in [-0.3, -0.25) is 4.79 Å². The standard InChI is InChI=1S/C13H17Cl2IN4O3S/c1-8(15)2-3-11(21)23-10-6-19(7-16)13(22)20(10)12-18-17-9(24-12)4-5-14/h8,10H,2-7H2,1H3. The summed E-state index contributed by atoms with van der Waals surface area (Å²) in [4.78, 5) is 27.5. The molecule has 1 aliphatic rings. The van der Waals surface area contributed by atoms with E-state index in [0.29, 0.717) is 34.9 Å². The summed E-state index contributed by atoms with van der Waals surface area (Å²) < 4.78 is 5.97. The van der Waals surface area contributed by atoms with Crippen molar-refractivity contribution in [1.82, 2.24) is 15.1 Å². The van der Waals surface area contributed by atoms with Gasteiger partial charge >= 0.3 is 12.0 Å². The average Bonchev–Trinajstić information content (AvgIpc) is 3.10. The summed E-state index contributed by atoms with van der Waals surface area (Å²) in [6.45, 7) is 2.12. The lowest BCUT2D eigenvalue weighted by molar-refractivity contribution is -0.148. The van der Waals surface area contributed by atoms with E-state index in [-0.39, 0.29) is 23.8 Å². The van der Waals surface area contributed by atoms with E-state index >= 15 is 0 Å². The lowest BCUT2D eigenvalue weighted by Crippen LogP contribution is -2.37. The number of nitrogens with zero attached hydrogens (tertiary/aromatic N) is 4. The Bertz CT molecular complexity index is 589. The summed E-state index contributed by atoms with van der Waals surface area (Å²) in [5.74, 6) is 0.0448. The van der Waals surface area contributed by atoms with Crippen LogP contribution in [0.4, 0.5) is 9.93 Å². The SMILES string of the molecule is CC(Cl)CCC(=O)OC1CN(CI)C(=O)N1c1nnc(CCCl)s1. The van der Waals surface area contributed by atoms with Crippen molar-refractivity contribution < 1.29 is 14.3 Å². The second-order valence-corrected chi connectivity index (χ2v) is 8.02. The molecule has 0 bridgehead atoms. The van der Waals surface area contributed by atoms with Gasteiger partial charge in [0.25, 0.3) is 0 Å². The summed E-state index contributed by atoms with van der Waals surface area (Å²) in [5, 5.41) is 9.11. The highest BCUT2D eigenvalue weighted by molar-refractivity contribution is 14.1. The van der Waals surface area contributed by atoms with Crippen LogP contribution in [0.2, 0.25) is 0 Å². The largest absolute Gasteiger partial charge is 0.439 e. The number of alkyl halides is 3. The molecule has 1 aromatic rings. The van der Waals surface area contributed by atoms with Gasteiger partial charge in [-0.15, -0.1) is 33.4 Å². The molecule has 0 aliphatic carbocycles. The first-order valence-corrected chi connectivity index (χ1v) is 10.6. The molecule has 0 N–H and O–H groups in total. The topological polar surface area (TPSA) is 75.6 Å². The maximum absolute atomic E-state index is 12.5. The number of amides is 2. The van der Waals surface area contributed by atoms with E-state index in [1.165, 1.54) is 16.2 Å². The highest BCUT2D eigenvalue weighted by atomic mass is 127. The second-order valence-electron chi connectivity index (χ2n) is 5.18. The second kappa shape index (κ2) is 9.35. The van der Waals surface area contributed by atoms with Crippen LogP contribution in [0.5, 0.6) is 0 Å². The minimum absolute atomic E-state index is 0.106. The number of hydrogen-bond acceptors (Lipinski definition) is 6. The van der Waals surface area contributed by atoms with Crippen molar-refractivity contribution in [3.8, 4) is 0 Å². The van der Waals surface area contributed by atoms with Crippen LogP contribution in [0, 0.1) is 0 Å². The van der Waals surface area contributed by atoms with E-state index in [1.54, 1.807) is 4.90 Å². The first-order valence-electron chi connectivity index (χ1n) is 7.32. The fraction of sp³-hybridized carbons (Fsp3) is 0.692. The molecule has 2 amide bonds. The quantitative estimate of drug-likeness (QED) is 0.234. The van der Waals surface area contributed by atoms with E-state index in [0.717, 1.165) is 5.01 Å². The molecule has 24 heavy (non-hydrogen) atoms. The summed E-state index contributed by atoms with van der Waals surface area (Å²) in [5.41, 5.74) is 0. The first-order chi connectivity index (χ1) is 11.5. The van der Waals surface area contributed by atoms with Crippen LogP contribution in [-0.4, -0.2) is 55.7 Å². The lowest BCUT2D eigenvalue weighted by atomic mass is 10.2. The number of esters is 1. The number of hydrogen-bond donors (Lipinski definition) is 0. The van der Waals surface area contributed by atoms with Gasteiger partial charge in [-0.2, -0.15) is 0 Å². The molecule has 2 atom stereocenters. The molecule has 2 unspecified atom stereocenters. The first kappa shape index (κ1) is 19.9. The molecule has 0 radical (unpaired) electrons. The van der Waals surface area contributed by atoms with Gasteiger partial charge < -0.3 is 9.64 Å². The Morgan fingerprint density at radius 2 is 2.29 bits per heavy atom. The fourth-order valence-electron chi connectivity index (χ4n) is 2.07. The maximum Gasteiger partial charge on any atom is 0.330 e. The third-order valence-electron chi connectivity index (χ3n) is 3.27. The maximum atomic E-state index is 12.5. The summed E-state index contributed by atoms with van der Waals surface area (Å²) in [6.07, 6.45) is 0.605. The van der Waals surface area contributed by atoms with Crippen LogP contribution >= 0.6 is 57.1 Å². The molecule has 11 heteroatoms. The Balaban J connectivity index is 2.11. The molecule has 1 fully saturated rings. The Labute approximate surface area is 167 Å². The van der Waals surface area contributed by atoms with Gasteiger partial charge in [-0.1, -0.05) is 33.9 Å². The lowest BCUT2D eigenvalue weighted by Gasteiger charge is -2.19. The molecule has 2 heterocycles. The Hall–Kier alpha value is -0.390. The van der Waals surface area contributed by atoms with E-state index in [2.05, 4.69) is 32.8 Å². The third kappa shape index (κ3) is 5.06. The number of anilines is 1. The van der Waals surface area contributed by atoms with Crippen LogP contribution in [0.15, 0.2) is 0 Å². The number of halogens is 3. The third-order valence-corrected chi connectivity index (χ3v) is 5.48. The van der Waals surface area contributed by atoms with Crippen molar-refractivity contribution in [2.24, 2.45) is 0 Å². The molecule has 134 valence electrons. The van der Waals surface area contributed by atoms with Gasteiger partial charge in [0.05, 0.1) is 11.1 Å². The zero-order chi connectivity index (χ0) is 17.7. The van der Waals surface area contributed by atoms with Gasteiger partial charge in [-0.05, 0) is 13.3 Å². The van der Waals surface area contributed by atoms with Gasteiger partial charge in [-0.25, -0.2) is 9.69 Å². The number of carbonyl (C=O) groups excluding carboxylic acids is 2. The van der Waals surface area contributed by atoms with E-state index in [1.807, 2.05) is 6.92 Å². The van der Waals surface area contributed by atoms with Crippen LogP contribution in [0.3, 0.4) is 0 Å². The zero-order valence-electron chi connectivity index (χ0n) is 13.0. The number of aromatic nitrogens is 2. The highest BCUT2D eigenvalue weighted by Crippen LogP contribution is 2.29. The molecule has 0 aromatic carbocycles. The highest BCUT2D eigenvalue weighted by Gasteiger charge is 2.42. The van der Waals surface area contributed by atoms with Crippen LogP contribution in [0.25, 0.3) is 0 Å². The van der Waals surface area contributed by atoms with E-state index < -0.39 is 6.23 Å². The Morgan fingerprint density at radius 3 is 2.92 bits per heavy atom. The number of carbonyl (C=O) groups is 2. The van der Waals surface area contributed by atoms with Crippen molar-refractivity contribution in [2.75, 3.05) is 21.9 Å². The van der Waals surface area contributed by atoms with Crippen LogP contribution < -0.4 is 4.90 Å². The monoisotopic (exact) mass is 506 g/mol. The van der Waals surface area contributed by atoms with Gasteiger partial charge in [0, 0.05) is 24.1 Å². The van der Waals surface area contributed by atoms with E-state index in [4.69, 9.17) is 27.9 Å². The van der Waals surface area contributed by atoms with Crippen LogP contribution in [0.1, 0.15) is 24.8 Å². The number of urea groups is 1. The minimum atomic E-state index is -0.706. The molecule has 1 aromatic heterocycles. The van der Waals surface area contributed by atoms with Crippen molar-refractivity contribution in [2.45, 2.75) is 37.8 Å². The summed E-state index contributed by atoms with van der Waals surface area (Å²) in [7, 11) is 0. The number of aryl methyl sites for hydroxylation is 1. The predicted molar refractivity (Wildman–Crippen MR) is 102 cm³/mol.